The second-order valence-corrected chi connectivity index (χ2v) is 6.78. The molecule has 150 valence electrons. The van der Waals surface area contributed by atoms with Crippen molar-refractivity contribution in [2.45, 2.75) is 38.6 Å². The highest BCUT2D eigenvalue weighted by molar-refractivity contribution is 5.96. The Kier molecular flexibility index (Phi) is 5.92. The van der Waals surface area contributed by atoms with Gasteiger partial charge in [0.05, 0.1) is 38.5 Å². The minimum atomic E-state index is -0.966. The van der Waals surface area contributed by atoms with Crippen molar-refractivity contribution in [3.63, 3.8) is 0 Å². The Labute approximate surface area is 163 Å². The van der Waals surface area contributed by atoms with E-state index in [1.807, 2.05) is 13.0 Å². The summed E-state index contributed by atoms with van der Waals surface area (Å²) in [5.74, 6) is 0.575. The lowest BCUT2D eigenvalue weighted by atomic mass is 9.89. The number of furan rings is 1. The number of benzene rings is 1. The largest absolute Gasteiger partial charge is 0.493 e. The molecule has 0 saturated carbocycles. The average molecular weight is 387 g/mol. The number of nitrogens with zero attached hydrogens (tertiary/aromatic N) is 1. The molecule has 1 aliphatic rings. The van der Waals surface area contributed by atoms with Crippen LogP contribution < -0.4 is 9.47 Å². The fraction of sp³-hybridized carbons (Fsp3) is 0.429. The van der Waals surface area contributed by atoms with E-state index in [9.17, 15) is 14.7 Å². The van der Waals surface area contributed by atoms with Gasteiger partial charge in [-0.3, -0.25) is 9.59 Å². The van der Waals surface area contributed by atoms with Gasteiger partial charge < -0.3 is 23.9 Å². The first-order valence-corrected chi connectivity index (χ1v) is 9.34. The molecule has 2 aromatic rings. The number of fused-ring (bicyclic) bond motifs is 1. The maximum Gasteiger partial charge on any atom is 0.305 e. The van der Waals surface area contributed by atoms with E-state index in [4.69, 9.17) is 13.9 Å². The molecule has 0 radical (unpaired) electrons. The molecule has 0 aliphatic carbocycles. The van der Waals surface area contributed by atoms with Crippen LogP contribution in [-0.2, 0) is 17.6 Å². The van der Waals surface area contributed by atoms with E-state index in [0.29, 0.717) is 42.2 Å². The van der Waals surface area contributed by atoms with Gasteiger partial charge in [0.25, 0.3) is 5.91 Å². The summed E-state index contributed by atoms with van der Waals surface area (Å²) in [5, 5.41) is 9.48. The first kappa shape index (κ1) is 19.8. The Morgan fingerprint density at radius 3 is 2.61 bits per heavy atom. The fourth-order valence-corrected chi connectivity index (χ4v) is 3.76. The molecule has 3 rings (SSSR count). The summed E-state index contributed by atoms with van der Waals surface area (Å²) in [4.78, 5) is 26.5. The minimum Gasteiger partial charge on any atom is -0.493 e. The third-order valence-corrected chi connectivity index (χ3v) is 5.08. The molecule has 1 atom stereocenters. The number of aliphatic carboxylic acids is 1. The molecule has 0 spiro atoms. The number of carbonyl (C=O) groups is 2. The highest BCUT2D eigenvalue weighted by Gasteiger charge is 2.35. The van der Waals surface area contributed by atoms with E-state index in [0.717, 1.165) is 17.5 Å². The molecular formula is C21H25NO6. The second kappa shape index (κ2) is 8.37. The summed E-state index contributed by atoms with van der Waals surface area (Å²) in [5.41, 5.74) is 2.25. The maximum absolute atomic E-state index is 13.3. The topological polar surface area (TPSA) is 89.2 Å². The summed E-state index contributed by atoms with van der Waals surface area (Å²) < 4.78 is 16.2. The zero-order chi connectivity index (χ0) is 20.3. The van der Waals surface area contributed by atoms with Gasteiger partial charge in [-0.05, 0) is 42.2 Å². The van der Waals surface area contributed by atoms with Crippen molar-refractivity contribution in [2.24, 2.45) is 0 Å². The summed E-state index contributed by atoms with van der Waals surface area (Å²) in [6.45, 7) is 2.44. The number of ether oxygens (including phenoxy) is 2. The SMILES string of the molecule is CCCc1occc1C(=O)N1CCc2cc(OC)c(OC)cc2C1CC(=O)O. The summed E-state index contributed by atoms with van der Waals surface area (Å²) in [6, 6.07) is 4.72. The van der Waals surface area contributed by atoms with Crippen LogP contribution in [0.5, 0.6) is 11.5 Å². The predicted octanol–water partition coefficient (Wildman–Crippen LogP) is 3.46. The number of rotatable bonds is 7. The van der Waals surface area contributed by atoms with Crippen molar-refractivity contribution >= 4 is 11.9 Å². The predicted molar refractivity (Wildman–Crippen MR) is 102 cm³/mol. The van der Waals surface area contributed by atoms with E-state index < -0.39 is 12.0 Å². The Morgan fingerprint density at radius 1 is 1.25 bits per heavy atom. The number of aryl methyl sites for hydroxylation is 1. The van der Waals surface area contributed by atoms with Crippen molar-refractivity contribution in [1.82, 2.24) is 4.90 Å². The van der Waals surface area contributed by atoms with Gasteiger partial charge in [0.1, 0.15) is 5.76 Å². The molecule has 1 amide bonds. The molecule has 0 bridgehead atoms. The lowest BCUT2D eigenvalue weighted by molar-refractivity contribution is -0.138. The van der Waals surface area contributed by atoms with Gasteiger partial charge in [0.15, 0.2) is 11.5 Å². The number of amides is 1. The molecule has 2 heterocycles. The standard InChI is InChI=1S/C21H25NO6/c1-4-5-17-14(7-9-28-17)21(25)22-8-6-13-10-18(26-2)19(27-3)11-15(13)16(22)12-20(23)24/h7,9-11,16H,4-6,8,12H2,1-3H3,(H,23,24). The van der Waals surface area contributed by atoms with Crippen molar-refractivity contribution in [3.05, 3.63) is 46.9 Å². The molecule has 1 unspecified atom stereocenters. The Morgan fingerprint density at radius 2 is 1.96 bits per heavy atom. The van der Waals surface area contributed by atoms with Crippen molar-refractivity contribution in [3.8, 4) is 11.5 Å². The molecule has 0 saturated heterocycles. The van der Waals surface area contributed by atoms with Gasteiger partial charge in [0.2, 0.25) is 0 Å². The summed E-state index contributed by atoms with van der Waals surface area (Å²) >= 11 is 0. The summed E-state index contributed by atoms with van der Waals surface area (Å²) in [7, 11) is 3.09. The van der Waals surface area contributed by atoms with Crippen LogP contribution in [0.1, 0.15) is 53.1 Å². The van der Waals surface area contributed by atoms with Crippen LogP contribution in [-0.4, -0.2) is 42.6 Å². The van der Waals surface area contributed by atoms with Crippen LogP contribution in [0.4, 0.5) is 0 Å². The molecule has 0 fully saturated rings. The van der Waals surface area contributed by atoms with Crippen molar-refractivity contribution < 1.29 is 28.6 Å². The molecule has 1 N–H and O–H groups in total. The third kappa shape index (κ3) is 3.69. The number of hydrogen-bond acceptors (Lipinski definition) is 5. The lowest BCUT2D eigenvalue weighted by Gasteiger charge is -2.37. The van der Waals surface area contributed by atoms with Crippen LogP contribution >= 0.6 is 0 Å². The van der Waals surface area contributed by atoms with Gasteiger partial charge in [0, 0.05) is 13.0 Å². The van der Waals surface area contributed by atoms with Crippen molar-refractivity contribution in [1.29, 1.82) is 0 Å². The van der Waals surface area contributed by atoms with E-state index in [2.05, 4.69) is 0 Å². The van der Waals surface area contributed by atoms with Crippen LogP contribution in [0, 0.1) is 0 Å². The highest BCUT2D eigenvalue weighted by Crippen LogP contribution is 2.40. The zero-order valence-electron chi connectivity index (χ0n) is 16.4. The third-order valence-electron chi connectivity index (χ3n) is 5.08. The van der Waals surface area contributed by atoms with E-state index >= 15 is 0 Å². The Balaban J connectivity index is 2.02. The Hall–Kier alpha value is -2.96. The first-order valence-electron chi connectivity index (χ1n) is 9.34. The molecule has 7 heteroatoms. The van der Waals surface area contributed by atoms with E-state index in [1.54, 1.807) is 24.1 Å². The molecular weight excluding hydrogens is 362 g/mol. The number of carboxylic acids is 1. The normalized spacial score (nSPS) is 15.8. The second-order valence-electron chi connectivity index (χ2n) is 6.78. The van der Waals surface area contributed by atoms with Crippen LogP contribution in [0.15, 0.2) is 28.9 Å². The van der Waals surface area contributed by atoms with Crippen LogP contribution in [0.3, 0.4) is 0 Å². The molecule has 28 heavy (non-hydrogen) atoms. The molecule has 1 aromatic heterocycles. The lowest BCUT2D eigenvalue weighted by Crippen LogP contribution is -2.41. The van der Waals surface area contributed by atoms with Crippen molar-refractivity contribution in [2.75, 3.05) is 20.8 Å². The van der Waals surface area contributed by atoms with Gasteiger partial charge in [-0.25, -0.2) is 0 Å². The maximum atomic E-state index is 13.3. The van der Waals surface area contributed by atoms with Gasteiger partial charge in [-0.2, -0.15) is 0 Å². The van der Waals surface area contributed by atoms with Gasteiger partial charge in [-0.1, -0.05) is 6.92 Å². The van der Waals surface area contributed by atoms with Crippen LogP contribution in [0.25, 0.3) is 0 Å². The molecule has 1 aromatic carbocycles. The monoisotopic (exact) mass is 387 g/mol. The number of hydrogen-bond donors (Lipinski definition) is 1. The zero-order valence-corrected chi connectivity index (χ0v) is 16.4. The summed E-state index contributed by atoms with van der Waals surface area (Å²) in [6.07, 6.45) is 3.45. The molecule has 7 nitrogen and oxygen atoms in total. The minimum absolute atomic E-state index is 0.185. The molecule has 1 aliphatic heterocycles. The number of carbonyl (C=O) groups excluding carboxylic acids is 1. The van der Waals surface area contributed by atoms with E-state index in [1.165, 1.54) is 13.4 Å². The highest BCUT2D eigenvalue weighted by atomic mass is 16.5. The fourth-order valence-electron chi connectivity index (χ4n) is 3.76. The van der Waals surface area contributed by atoms with E-state index in [-0.39, 0.29) is 12.3 Å². The van der Waals surface area contributed by atoms with Gasteiger partial charge in [-0.15, -0.1) is 0 Å². The average Bonchev–Trinajstić information content (AvgIpc) is 3.14. The number of carboxylic acid groups (broad SMARTS) is 1. The first-order chi connectivity index (χ1) is 13.5. The Bertz CT molecular complexity index is 872. The quantitative estimate of drug-likeness (QED) is 0.783. The number of methoxy groups -OCH3 is 2. The smallest absolute Gasteiger partial charge is 0.305 e. The van der Waals surface area contributed by atoms with Gasteiger partial charge >= 0.3 is 5.97 Å². The van der Waals surface area contributed by atoms with Crippen LogP contribution in [0.2, 0.25) is 0 Å².